The van der Waals surface area contributed by atoms with Gasteiger partial charge in [-0.25, -0.2) is 0 Å². The van der Waals surface area contributed by atoms with E-state index in [1.165, 1.54) is 11.3 Å². The van der Waals surface area contributed by atoms with E-state index in [1.807, 2.05) is 24.7 Å². The van der Waals surface area contributed by atoms with Gasteiger partial charge in [0.15, 0.2) is 0 Å². The van der Waals surface area contributed by atoms with Crippen LogP contribution >= 0.6 is 11.3 Å². The summed E-state index contributed by atoms with van der Waals surface area (Å²) < 4.78 is 1.84. The molecule has 0 bridgehead atoms. The van der Waals surface area contributed by atoms with Crippen molar-refractivity contribution in [2.24, 2.45) is 7.05 Å². The number of aromatic nitrogens is 2. The molecular formula is C13H18N4OS. The minimum atomic E-state index is 0.0364. The molecule has 6 heteroatoms. The Morgan fingerprint density at radius 3 is 3.16 bits per heavy atom. The van der Waals surface area contributed by atoms with Crippen LogP contribution < -0.4 is 10.6 Å². The SMILES string of the molecule is Cc1nn(C)c2sc(C(=O)N[C@H]3CCCNC3)cc12. The van der Waals surface area contributed by atoms with Crippen molar-refractivity contribution < 1.29 is 4.79 Å². The van der Waals surface area contributed by atoms with Gasteiger partial charge in [0.25, 0.3) is 5.91 Å². The van der Waals surface area contributed by atoms with Gasteiger partial charge >= 0.3 is 0 Å². The molecule has 2 aromatic rings. The molecule has 1 aliphatic rings. The highest BCUT2D eigenvalue weighted by molar-refractivity contribution is 7.20. The molecule has 1 aliphatic heterocycles. The zero-order chi connectivity index (χ0) is 13.4. The van der Waals surface area contributed by atoms with Crippen molar-refractivity contribution in [3.05, 3.63) is 16.6 Å². The van der Waals surface area contributed by atoms with E-state index >= 15 is 0 Å². The number of fused-ring (bicyclic) bond motifs is 1. The number of carbonyl (C=O) groups is 1. The maximum Gasteiger partial charge on any atom is 0.261 e. The fourth-order valence-corrected chi connectivity index (χ4v) is 3.57. The van der Waals surface area contributed by atoms with Gasteiger partial charge in [0, 0.05) is 25.0 Å². The molecule has 0 aliphatic carbocycles. The van der Waals surface area contributed by atoms with Gasteiger partial charge < -0.3 is 10.6 Å². The summed E-state index contributed by atoms with van der Waals surface area (Å²) in [5.74, 6) is 0.0364. The molecule has 2 aromatic heterocycles. The molecule has 1 amide bonds. The van der Waals surface area contributed by atoms with Crippen molar-refractivity contribution in [2.45, 2.75) is 25.8 Å². The summed E-state index contributed by atoms with van der Waals surface area (Å²) in [6.07, 6.45) is 2.19. The first-order valence-electron chi connectivity index (χ1n) is 6.60. The summed E-state index contributed by atoms with van der Waals surface area (Å²) in [4.78, 5) is 14.1. The van der Waals surface area contributed by atoms with E-state index in [0.29, 0.717) is 0 Å². The van der Waals surface area contributed by atoms with Gasteiger partial charge in [-0.05, 0) is 32.4 Å². The van der Waals surface area contributed by atoms with Gasteiger partial charge in [0.1, 0.15) is 4.83 Å². The number of aryl methyl sites for hydroxylation is 2. The fourth-order valence-electron chi connectivity index (χ4n) is 2.55. The van der Waals surface area contributed by atoms with Gasteiger partial charge in [-0.15, -0.1) is 11.3 Å². The first kappa shape index (κ1) is 12.6. The number of hydrogen-bond donors (Lipinski definition) is 2. The number of rotatable bonds is 2. The number of hydrogen-bond acceptors (Lipinski definition) is 4. The van der Waals surface area contributed by atoms with E-state index < -0.39 is 0 Å². The smallest absolute Gasteiger partial charge is 0.261 e. The van der Waals surface area contributed by atoms with Crippen LogP contribution in [0.2, 0.25) is 0 Å². The second-order valence-corrected chi connectivity index (χ2v) is 6.09. The van der Waals surface area contributed by atoms with Crippen LogP contribution in [0.15, 0.2) is 6.07 Å². The van der Waals surface area contributed by atoms with Gasteiger partial charge in [0.2, 0.25) is 0 Å². The zero-order valence-electron chi connectivity index (χ0n) is 11.2. The average Bonchev–Trinajstić information content (AvgIpc) is 2.94. The van der Waals surface area contributed by atoms with E-state index in [9.17, 15) is 4.79 Å². The quantitative estimate of drug-likeness (QED) is 0.873. The van der Waals surface area contributed by atoms with Crippen LogP contribution in [0.3, 0.4) is 0 Å². The number of amides is 1. The Labute approximate surface area is 116 Å². The summed E-state index contributed by atoms with van der Waals surface area (Å²) >= 11 is 1.51. The van der Waals surface area contributed by atoms with Crippen LogP contribution in [-0.4, -0.2) is 34.8 Å². The number of nitrogens with one attached hydrogen (secondary N) is 2. The molecular weight excluding hydrogens is 260 g/mol. The highest BCUT2D eigenvalue weighted by atomic mass is 32.1. The molecule has 19 heavy (non-hydrogen) atoms. The minimum Gasteiger partial charge on any atom is -0.347 e. The molecule has 1 fully saturated rings. The van der Waals surface area contributed by atoms with Crippen molar-refractivity contribution in [3.63, 3.8) is 0 Å². The topological polar surface area (TPSA) is 59.0 Å². The van der Waals surface area contributed by atoms with Crippen molar-refractivity contribution in [1.29, 1.82) is 0 Å². The van der Waals surface area contributed by atoms with Crippen LogP contribution in [0.5, 0.6) is 0 Å². The highest BCUT2D eigenvalue weighted by Crippen LogP contribution is 2.27. The van der Waals surface area contributed by atoms with Crippen molar-refractivity contribution in [2.75, 3.05) is 13.1 Å². The van der Waals surface area contributed by atoms with Crippen molar-refractivity contribution in [1.82, 2.24) is 20.4 Å². The number of thiophene rings is 1. The normalized spacial score (nSPS) is 19.8. The lowest BCUT2D eigenvalue weighted by Gasteiger charge is -2.23. The molecule has 2 N–H and O–H groups in total. The first-order valence-corrected chi connectivity index (χ1v) is 7.41. The van der Waals surface area contributed by atoms with Gasteiger partial charge in [-0.3, -0.25) is 9.48 Å². The lowest BCUT2D eigenvalue weighted by molar-refractivity contribution is 0.0935. The highest BCUT2D eigenvalue weighted by Gasteiger charge is 2.19. The second-order valence-electron chi connectivity index (χ2n) is 5.06. The largest absolute Gasteiger partial charge is 0.347 e. The molecule has 1 saturated heterocycles. The Morgan fingerprint density at radius 1 is 1.63 bits per heavy atom. The molecule has 0 saturated carbocycles. The Kier molecular flexibility index (Phi) is 3.28. The molecule has 0 aromatic carbocycles. The standard InChI is InChI=1S/C13H18N4OS/c1-8-10-6-11(19-13(10)17(2)16-8)12(18)15-9-4-3-5-14-7-9/h6,9,14H,3-5,7H2,1-2H3,(H,15,18)/t9-/m0/s1. The zero-order valence-corrected chi connectivity index (χ0v) is 12.0. The number of nitrogens with zero attached hydrogens (tertiary/aromatic N) is 2. The average molecular weight is 278 g/mol. The van der Waals surface area contributed by atoms with E-state index in [2.05, 4.69) is 15.7 Å². The van der Waals surface area contributed by atoms with Crippen molar-refractivity contribution >= 4 is 27.5 Å². The summed E-state index contributed by atoms with van der Waals surface area (Å²) in [7, 11) is 1.92. The Balaban J connectivity index is 1.79. The van der Waals surface area contributed by atoms with Crippen LogP contribution in [0, 0.1) is 6.92 Å². The maximum atomic E-state index is 12.2. The van der Waals surface area contributed by atoms with Crippen LogP contribution in [0.25, 0.3) is 10.2 Å². The molecule has 3 rings (SSSR count). The third-order valence-electron chi connectivity index (χ3n) is 3.55. The predicted molar refractivity (Wildman–Crippen MR) is 76.7 cm³/mol. The second kappa shape index (κ2) is 4.94. The third kappa shape index (κ3) is 2.37. The number of carbonyl (C=O) groups excluding carboxylic acids is 1. The molecule has 0 unspecified atom stereocenters. The van der Waals surface area contributed by atoms with E-state index in [0.717, 1.165) is 46.7 Å². The Bertz CT molecular complexity index is 575. The van der Waals surface area contributed by atoms with E-state index in [1.54, 1.807) is 0 Å². The lowest BCUT2D eigenvalue weighted by Crippen LogP contribution is -2.45. The Morgan fingerprint density at radius 2 is 2.47 bits per heavy atom. The van der Waals surface area contributed by atoms with E-state index in [-0.39, 0.29) is 11.9 Å². The molecule has 5 nitrogen and oxygen atoms in total. The molecule has 102 valence electrons. The predicted octanol–water partition coefficient (Wildman–Crippen LogP) is 1.43. The monoisotopic (exact) mass is 278 g/mol. The van der Waals surface area contributed by atoms with Crippen LogP contribution in [-0.2, 0) is 7.05 Å². The summed E-state index contributed by atoms with van der Waals surface area (Å²) in [6, 6.07) is 2.21. The third-order valence-corrected chi connectivity index (χ3v) is 4.75. The molecule has 0 spiro atoms. The summed E-state index contributed by atoms with van der Waals surface area (Å²) in [6.45, 7) is 3.90. The minimum absolute atomic E-state index is 0.0364. The number of piperidine rings is 1. The molecule has 1 atom stereocenters. The fraction of sp³-hybridized carbons (Fsp3) is 0.538. The first-order chi connectivity index (χ1) is 9.15. The summed E-state index contributed by atoms with van der Waals surface area (Å²) in [5, 5.41) is 11.8. The summed E-state index contributed by atoms with van der Waals surface area (Å²) in [5.41, 5.74) is 0.979. The van der Waals surface area contributed by atoms with Crippen molar-refractivity contribution in [3.8, 4) is 0 Å². The Hall–Kier alpha value is -1.40. The molecule has 3 heterocycles. The van der Waals surface area contributed by atoms with E-state index in [4.69, 9.17) is 0 Å². The maximum absolute atomic E-state index is 12.2. The van der Waals surface area contributed by atoms with Crippen LogP contribution in [0.1, 0.15) is 28.2 Å². The van der Waals surface area contributed by atoms with Gasteiger partial charge in [-0.1, -0.05) is 0 Å². The molecule has 0 radical (unpaired) electrons. The van der Waals surface area contributed by atoms with Gasteiger partial charge in [0.05, 0.1) is 10.6 Å². The van der Waals surface area contributed by atoms with Gasteiger partial charge in [-0.2, -0.15) is 5.10 Å². The lowest BCUT2D eigenvalue weighted by atomic mass is 10.1. The van der Waals surface area contributed by atoms with Crippen LogP contribution in [0.4, 0.5) is 0 Å².